The molecule has 0 aliphatic carbocycles. The number of rotatable bonds is 8. The van der Waals surface area contributed by atoms with Crippen LogP contribution in [0.5, 0.6) is 5.75 Å². The molecular formula is C28H34O. The molecule has 3 aromatic carbocycles. The molecule has 3 rings (SSSR count). The van der Waals surface area contributed by atoms with Gasteiger partial charge in [-0.1, -0.05) is 88.2 Å². The first-order chi connectivity index (χ1) is 14.0. The summed E-state index contributed by atoms with van der Waals surface area (Å²) in [5, 5.41) is 0. The van der Waals surface area contributed by atoms with Crippen molar-refractivity contribution in [2.24, 2.45) is 5.92 Å². The minimum absolute atomic E-state index is 0.584. The second-order valence-electron chi connectivity index (χ2n) is 8.09. The topological polar surface area (TPSA) is 9.23 Å². The van der Waals surface area contributed by atoms with Gasteiger partial charge in [-0.15, -0.1) is 0 Å². The Hall–Kier alpha value is -2.54. The Morgan fingerprint density at radius 3 is 2.00 bits per heavy atom. The summed E-state index contributed by atoms with van der Waals surface area (Å²) in [5.41, 5.74) is 9.14. The summed E-state index contributed by atoms with van der Waals surface area (Å²) in [6.07, 6.45) is 3.14. The Morgan fingerprint density at radius 2 is 1.34 bits per heavy atom. The molecule has 0 N–H and O–H groups in total. The average molecular weight is 387 g/mol. The molecule has 0 aliphatic rings. The van der Waals surface area contributed by atoms with Gasteiger partial charge in [-0.3, -0.25) is 0 Å². The van der Waals surface area contributed by atoms with E-state index in [0.717, 1.165) is 31.6 Å². The van der Waals surface area contributed by atoms with Gasteiger partial charge in [0.05, 0.1) is 6.61 Å². The van der Waals surface area contributed by atoms with Gasteiger partial charge in [-0.2, -0.15) is 0 Å². The summed E-state index contributed by atoms with van der Waals surface area (Å²) in [5.74, 6) is 1.62. The van der Waals surface area contributed by atoms with Crippen LogP contribution in [0.15, 0.2) is 60.7 Å². The van der Waals surface area contributed by atoms with Crippen LogP contribution in [0.4, 0.5) is 0 Å². The van der Waals surface area contributed by atoms with E-state index in [1.807, 2.05) is 0 Å². The van der Waals surface area contributed by atoms with Crippen molar-refractivity contribution in [3.05, 3.63) is 77.4 Å². The van der Waals surface area contributed by atoms with Gasteiger partial charge in [0.1, 0.15) is 5.75 Å². The van der Waals surface area contributed by atoms with Gasteiger partial charge in [0.25, 0.3) is 0 Å². The van der Waals surface area contributed by atoms with Crippen molar-refractivity contribution >= 4 is 0 Å². The standard InChI is InChI=1S/C28H34O/c1-6-20(4)19-29-28-16-14-26(18-23(28)8-3)27-15-13-25(17-22(27)7-2)24-11-9-21(5)10-12-24/h9-18,20H,6-8,19H2,1-5H3. The quantitative estimate of drug-likeness (QED) is 0.382. The summed E-state index contributed by atoms with van der Waals surface area (Å²) in [4.78, 5) is 0. The minimum atomic E-state index is 0.584. The third-order valence-electron chi connectivity index (χ3n) is 5.84. The van der Waals surface area contributed by atoms with Crippen molar-refractivity contribution in [3.63, 3.8) is 0 Å². The molecule has 0 saturated carbocycles. The molecule has 0 radical (unpaired) electrons. The Morgan fingerprint density at radius 1 is 0.724 bits per heavy atom. The first-order valence-corrected chi connectivity index (χ1v) is 11.0. The van der Waals surface area contributed by atoms with Gasteiger partial charge in [0.15, 0.2) is 0 Å². The average Bonchev–Trinajstić information content (AvgIpc) is 2.77. The van der Waals surface area contributed by atoms with Crippen molar-refractivity contribution < 1.29 is 4.74 Å². The van der Waals surface area contributed by atoms with Crippen molar-refractivity contribution in [1.29, 1.82) is 0 Å². The van der Waals surface area contributed by atoms with Crippen molar-refractivity contribution in [1.82, 2.24) is 0 Å². The first kappa shape index (κ1) is 21.2. The summed E-state index contributed by atoms with van der Waals surface area (Å²) < 4.78 is 6.11. The zero-order valence-electron chi connectivity index (χ0n) is 18.6. The summed E-state index contributed by atoms with van der Waals surface area (Å²) in [6.45, 7) is 11.8. The number of aryl methyl sites for hydroxylation is 3. The van der Waals surface area contributed by atoms with E-state index in [-0.39, 0.29) is 0 Å². The second kappa shape index (κ2) is 9.78. The molecule has 1 atom stereocenters. The summed E-state index contributed by atoms with van der Waals surface area (Å²) >= 11 is 0. The number of hydrogen-bond donors (Lipinski definition) is 0. The third-order valence-corrected chi connectivity index (χ3v) is 5.84. The van der Waals surface area contributed by atoms with Crippen LogP contribution in [-0.2, 0) is 12.8 Å². The zero-order chi connectivity index (χ0) is 20.8. The Bertz CT molecular complexity index is 937. The molecule has 0 heterocycles. The maximum atomic E-state index is 6.11. The van der Waals surface area contributed by atoms with Gasteiger partial charge in [-0.05, 0) is 71.2 Å². The lowest BCUT2D eigenvalue weighted by atomic mass is 9.92. The zero-order valence-corrected chi connectivity index (χ0v) is 18.6. The largest absolute Gasteiger partial charge is 0.493 e. The molecule has 0 bridgehead atoms. The van der Waals surface area contributed by atoms with E-state index in [0.29, 0.717) is 5.92 Å². The van der Waals surface area contributed by atoms with Gasteiger partial charge in [0, 0.05) is 0 Å². The molecule has 0 saturated heterocycles. The molecule has 3 aromatic rings. The fourth-order valence-electron chi connectivity index (χ4n) is 3.61. The second-order valence-corrected chi connectivity index (χ2v) is 8.09. The molecule has 152 valence electrons. The molecule has 0 fully saturated rings. The van der Waals surface area contributed by atoms with Crippen LogP contribution in [0.1, 0.15) is 50.8 Å². The van der Waals surface area contributed by atoms with Gasteiger partial charge < -0.3 is 4.74 Å². The van der Waals surface area contributed by atoms with Gasteiger partial charge >= 0.3 is 0 Å². The van der Waals surface area contributed by atoms with E-state index in [2.05, 4.69) is 95.3 Å². The van der Waals surface area contributed by atoms with Crippen molar-refractivity contribution in [2.45, 2.75) is 53.9 Å². The summed E-state index contributed by atoms with van der Waals surface area (Å²) in [6, 6.07) is 22.3. The molecule has 1 nitrogen and oxygen atoms in total. The van der Waals surface area contributed by atoms with E-state index in [9.17, 15) is 0 Å². The van der Waals surface area contributed by atoms with Crippen LogP contribution in [0.25, 0.3) is 22.3 Å². The molecule has 0 amide bonds. The number of hydrogen-bond acceptors (Lipinski definition) is 1. The minimum Gasteiger partial charge on any atom is -0.493 e. The van der Waals surface area contributed by atoms with Crippen LogP contribution < -0.4 is 4.74 Å². The van der Waals surface area contributed by atoms with Gasteiger partial charge in [0.2, 0.25) is 0 Å². The fraction of sp³-hybridized carbons (Fsp3) is 0.357. The lowest BCUT2D eigenvalue weighted by molar-refractivity contribution is 0.254. The molecule has 29 heavy (non-hydrogen) atoms. The molecular weight excluding hydrogens is 352 g/mol. The van der Waals surface area contributed by atoms with Gasteiger partial charge in [-0.25, -0.2) is 0 Å². The molecule has 0 spiro atoms. The van der Waals surface area contributed by atoms with Crippen molar-refractivity contribution in [3.8, 4) is 28.0 Å². The van der Waals surface area contributed by atoms with Crippen molar-refractivity contribution in [2.75, 3.05) is 6.61 Å². The molecule has 0 aliphatic heterocycles. The maximum absolute atomic E-state index is 6.11. The van der Waals surface area contributed by atoms with Crippen LogP contribution in [0.2, 0.25) is 0 Å². The third kappa shape index (κ3) is 5.09. The lowest BCUT2D eigenvalue weighted by Gasteiger charge is -2.16. The van der Waals surface area contributed by atoms with E-state index in [1.54, 1.807) is 0 Å². The summed E-state index contributed by atoms with van der Waals surface area (Å²) in [7, 11) is 0. The van der Waals surface area contributed by atoms with E-state index in [1.165, 1.54) is 38.9 Å². The normalized spacial score (nSPS) is 12.0. The SMILES string of the molecule is CCc1cc(-c2ccc(-c3ccc(C)cc3)cc2CC)ccc1OCC(C)CC. The van der Waals surface area contributed by atoms with Crippen LogP contribution in [0, 0.1) is 12.8 Å². The maximum Gasteiger partial charge on any atom is 0.122 e. The smallest absolute Gasteiger partial charge is 0.122 e. The van der Waals surface area contributed by atoms with E-state index < -0.39 is 0 Å². The molecule has 1 unspecified atom stereocenters. The Kier molecular flexibility index (Phi) is 7.14. The first-order valence-electron chi connectivity index (χ1n) is 11.0. The fourth-order valence-corrected chi connectivity index (χ4v) is 3.61. The number of ether oxygens (including phenoxy) is 1. The van der Waals surface area contributed by atoms with Crippen LogP contribution >= 0.6 is 0 Å². The predicted molar refractivity (Wildman–Crippen MR) is 126 cm³/mol. The van der Waals surface area contributed by atoms with Crippen LogP contribution in [0.3, 0.4) is 0 Å². The monoisotopic (exact) mass is 386 g/mol. The van der Waals surface area contributed by atoms with E-state index in [4.69, 9.17) is 4.74 Å². The highest BCUT2D eigenvalue weighted by Gasteiger charge is 2.11. The molecule has 0 aromatic heterocycles. The predicted octanol–water partition coefficient (Wildman–Crippen LogP) is 7.88. The molecule has 1 heteroatoms. The van der Waals surface area contributed by atoms with E-state index >= 15 is 0 Å². The van der Waals surface area contributed by atoms with Crippen LogP contribution in [-0.4, -0.2) is 6.61 Å². The highest BCUT2D eigenvalue weighted by molar-refractivity contribution is 5.74. The highest BCUT2D eigenvalue weighted by Crippen LogP contribution is 2.33. The Balaban J connectivity index is 1.92. The highest BCUT2D eigenvalue weighted by atomic mass is 16.5. The Labute approximate surface area is 176 Å². The lowest BCUT2D eigenvalue weighted by Crippen LogP contribution is -2.08. The number of benzene rings is 3.